The van der Waals surface area contributed by atoms with Gasteiger partial charge in [-0.3, -0.25) is 10.2 Å². The van der Waals surface area contributed by atoms with Gasteiger partial charge < -0.3 is 4.74 Å². The Morgan fingerprint density at radius 2 is 1.81 bits per heavy atom. The molecule has 0 spiro atoms. The minimum absolute atomic E-state index is 0.298. The summed E-state index contributed by atoms with van der Waals surface area (Å²) in [4.78, 5) is 11.4. The second-order valence-corrected chi connectivity index (χ2v) is 5.15. The molecule has 0 saturated heterocycles. The maximum Gasteiger partial charge on any atom is 0.265 e. The molecular weight excluding hydrogens is 264 g/mol. The van der Waals surface area contributed by atoms with Gasteiger partial charge in [0.2, 0.25) is 0 Å². The molecule has 21 heavy (non-hydrogen) atoms. The molecule has 2 rings (SSSR count). The normalized spacial score (nSPS) is 10.5. The molecule has 3 N–H and O–H groups in total. The van der Waals surface area contributed by atoms with Crippen molar-refractivity contribution in [3.05, 3.63) is 65.2 Å². The molecule has 4 nitrogen and oxygen atoms in total. The SMILES string of the molecule is CC(C)c1ccccc1OCc1ccc(C(=O)NN)cc1. The van der Waals surface area contributed by atoms with E-state index in [1.165, 1.54) is 5.56 Å². The van der Waals surface area contributed by atoms with Gasteiger partial charge in [0.15, 0.2) is 0 Å². The lowest BCUT2D eigenvalue weighted by Crippen LogP contribution is -2.29. The maximum atomic E-state index is 11.4. The van der Waals surface area contributed by atoms with Crippen molar-refractivity contribution < 1.29 is 9.53 Å². The van der Waals surface area contributed by atoms with E-state index >= 15 is 0 Å². The number of benzene rings is 2. The minimum Gasteiger partial charge on any atom is -0.489 e. The molecule has 1 amide bonds. The van der Waals surface area contributed by atoms with E-state index in [1.807, 2.05) is 30.3 Å². The lowest BCUT2D eigenvalue weighted by Gasteiger charge is -2.14. The smallest absolute Gasteiger partial charge is 0.265 e. The molecule has 0 unspecified atom stereocenters. The fraction of sp³-hybridized carbons (Fsp3) is 0.235. The summed E-state index contributed by atoms with van der Waals surface area (Å²) >= 11 is 0. The van der Waals surface area contributed by atoms with E-state index in [2.05, 4.69) is 25.3 Å². The molecule has 0 fully saturated rings. The first-order valence-corrected chi connectivity index (χ1v) is 6.93. The first-order valence-electron chi connectivity index (χ1n) is 6.93. The summed E-state index contributed by atoms with van der Waals surface area (Å²) in [5, 5.41) is 0. The summed E-state index contributed by atoms with van der Waals surface area (Å²) in [5.74, 6) is 6.11. The fourth-order valence-electron chi connectivity index (χ4n) is 2.09. The zero-order valence-corrected chi connectivity index (χ0v) is 12.3. The van der Waals surface area contributed by atoms with Gasteiger partial charge in [0.25, 0.3) is 5.91 Å². The van der Waals surface area contributed by atoms with Crippen LogP contribution in [0.2, 0.25) is 0 Å². The Labute approximate surface area is 124 Å². The molecule has 0 aliphatic heterocycles. The molecule has 110 valence electrons. The molecule has 0 atom stereocenters. The number of hydrazine groups is 1. The van der Waals surface area contributed by atoms with E-state index in [9.17, 15) is 4.79 Å². The van der Waals surface area contributed by atoms with Crippen LogP contribution in [0.3, 0.4) is 0 Å². The lowest BCUT2D eigenvalue weighted by atomic mass is 10.0. The Morgan fingerprint density at radius 3 is 2.43 bits per heavy atom. The molecule has 0 aromatic heterocycles. The Morgan fingerprint density at radius 1 is 1.14 bits per heavy atom. The van der Waals surface area contributed by atoms with Crippen LogP contribution >= 0.6 is 0 Å². The molecule has 0 bridgehead atoms. The third-order valence-corrected chi connectivity index (χ3v) is 3.28. The molecule has 0 saturated carbocycles. The van der Waals surface area contributed by atoms with Gasteiger partial charge in [-0.05, 0) is 35.2 Å². The Bertz CT molecular complexity index is 606. The topological polar surface area (TPSA) is 64.3 Å². The van der Waals surface area contributed by atoms with Crippen LogP contribution in [0.5, 0.6) is 5.75 Å². The number of para-hydroxylation sites is 1. The van der Waals surface area contributed by atoms with Gasteiger partial charge in [-0.15, -0.1) is 0 Å². The molecule has 0 aliphatic rings. The van der Waals surface area contributed by atoms with E-state index in [0.717, 1.165) is 11.3 Å². The van der Waals surface area contributed by atoms with E-state index < -0.39 is 0 Å². The number of carbonyl (C=O) groups is 1. The van der Waals surface area contributed by atoms with Gasteiger partial charge in [-0.2, -0.15) is 0 Å². The summed E-state index contributed by atoms with van der Waals surface area (Å²) in [6, 6.07) is 15.2. The predicted octanol–water partition coefficient (Wildman–Crippen LogP) is 2.99. The van der Waals surface area contributed by atoms with Gasteiger partial charge in [-0.1, -0.05) is 44.2 Å². The number of nitrogens with two attached hydrogens (primary N) is 1. The number of amides is 1. The quantitative estimate of drug-likeness (QED) is 0.504. The average molecular weight is 284 g/mol. The Balaban J connectivity index is 2.05. The second kappa shape index (κ2) is 6.90. The number of ether oxygens (including phenoxy) is 1. The molecule has 2 aromatic carbocycles. The number of hydrogen-bond donors (Lipinski definition) is 2. The highest BCUT2D eigenvalue weighted by Gasteiger charge is 2.07. The predicted molar refractivity (Wildman–Crippen MR) is 83.0 cm³/mol. The van der Waals surface area contributed by atoms with Crippen LogP contribution in [0.25, 0.3) is 0 Å². The summed E-state index contributed by atoms with van der Waals surface area (Å²) in [5.41, 5.74) is 4.83. The zero-order chi connectivity index (χ0) is 15.2. The van der Waals surface area contributed by atoms with Crippen molar-refractivity contribution >= 4 is 5.91 Å². The highest BCUT2D eigenvalue weighted by molar-refractivity contribution is 5.93. The molecule has 0 heterocycles. The molecular formula is C17H20N2O2. The van der Waals surface area contributed by atoms with Crippen molar-refractivity contribution in [3.63, 3.8) is 0 Å². The monoisotopic (exact) mass is 284 g/mol. The summed E-state index contributed by atoms with van der Waals surface area (Å²) in [6.45, 7) is 4.75. The van der Waals surface area contributed by atoms with Gasteiger partial charge in [-0.25, -0.2) is 5.84 Å². The van der Waals surface area contributed by atoms with Crippen LogP contribution in [0, 0.1) is 0 Å². The summed E-state index contributed by atoms with van der Waals surface area (Å²) in [7, 11) is 0. The van der Waals surface area contributed by atoms with Crippen molar-refractivity contribution in [1.82, 2.24) is 5.43 Å². The third kappa shape index (κ3) is 3.83. The number of nitrogen functional groups attached to an aromatic ring is 1. The number of hydrogen-bond acceptors (Lipinski definition) is 3. The summed E-state index contributed by atoms with van der Waals surface area (Å²) < 4.78 is 5.89. The first-order chi connectivity index (χ1) is 10.1. The van der Waals surface area contributed by atoms with E-state index in [4.69, 9.17) is 10.6 Å². The maximum absolute atomic E-state index is 11.4. The van der Waals surface area contributed by atoms with Gasteiger partial charge >= 0.3 is 0 Å². The van der Waals surface area contributed by atoms with Crippen LogP contribution in [0.15, 0.2) is 48.5 Å². The van der Waals surface area contributed by atoms with Gasteiger partial charge in [0.05, 0.1) is 0 Å². The van der Waals surface area contributed by atoms with Crippen LogP contribution in [0.4, 0.5) is 0 Å². The fourth-order valence-corrected chi connectivity index (χ4v) is 2.09. The van der Waals surface area contributed by atoms with Crippen molar-refractivity contribution in [2.24, 2.45) is 5.84 Å². The Kier molecular flexibility index (Phi) is 4.95. The van der Waals surface area contributed by atoms with Gasteiger partial charge in [0, 0.05) is 5.56 Å². The highest BCUT2D eigenvalue weighted by atomic mass is 16.5. The van der Waals surface area contributed by atoms with Gasteiger partial charge in [0.1, 0.15) is 12.4 Å². The average Bonchev–Trinajstić information content (AvgIpc) is 2.52. The molecule has 2 aromatic rings. The number of nitrogens with one attached hydrogen (secondary N) is 1. The van der Waals surface area contributed by atoms with Crippen molar-refractivity contribution in [1.29, 1.82) is 0 Å². The standard InChI is InChI=1S/C17H20N2O2/c1-12(2)15-5-3-4-6-16(15)21-11-13-7-9-14(10-8-13)17(20)19-18/h3-10,12H,11,18H2,1-2H3,(H,19,20). The molecule has 0 aliphatic carbocycles. The molecule has 0 radical (unpaired) electrons. The first kappa shape index (κ1) is 15.1. The largest absolute Gasteiger partial charge is 0.489 e. The molecule has 4 heteroatoms. The van der Waals surface area contributed by atoms with E-state index in [-0.39, 0.29) is 5.91 Å². The zero-order valence-electron chi connectivity index (χ0n) is 12.3. The minimum atomic E-state index is -0.298. The number of carbonyl (C=O) groups excluding carboxylic acids is 1. The van der Waals surface area contributed by atoms with Crippen LogP contribution in [0.1, 0.15) is 41.3 Å². The van der Waals surface area contributed by atoms with E-state index in [1.54, 1.807) is 12.1 Å². The van der Waals surface area contributed by atoms with Crippen LogP contribution < -0.4 is 16.0 Å². The third-order valence-electron chi connectivity index (χ3n) is 3.28. The Hall–Kier alpha value is -2.33. The van der Waals surface area contributed by atoms with Crippen molar-refractivity contribution in [2.75, 3.05) is 0 Å². The van der Waals surface area contributed by atoms with Crippen molar-refractivity contribution in [2.45, 2.75) is 26.4 Å². The van der Waals surface area contributed by atoms with Crippen LogP contribution in [-0.4, -0.2) is 5.91 Å². The van der Waals surface area contributed by atoms with E-state index in [0.29, 0.717) is 18.1 Å². The summed E-state index contributed by atoms with van der Waals surface area (Å²) in [6.07, 6.45) is 0. The lowest BCUT2D eigenvalue weighted by molar-refractivity contribution is 0.0953. The highest BCUT2D eigenvalue weighted by Crippen LogP contribution is 2.26. The number of rotatable bonds is 5. The van der Waals surface area contributed by atoms with Crippen LogP contribution in [-0.2, 0) is 6.61 Å². The second-order valence-electron chi connectivity index (χ2n) is 5.15. The van der Waals surface area contributed by atoms with Crippen molar-refractivity contribution in [3.8, 4) is 5.75 Å².